The molecule has 5 fully saturated rings. The number of nitrogens with one attached hydrogen (secondary N) is 1. The molecule has 2 unspecified atom stereocenters. The minimum Gasteiger partial charge on any atom is -0.317 e. The number of rotatable bonds is 4. The average Bonchev–Trinajstić information content (AvgIpc) is 2.62. The Balaban J connectivity index is 1.42. The Hall–Kier alpha value is -1.22. The molecule has 1 saturated heterocycles. The van der Waals surface area contributed by atoms with Gasteiger partial charge in [-0.25, -0.2) is 4.39 Å². The molecular formula is C23H30FNO. The van der Waals surface area contributed by atoms with E-state index in [1.807, 2.05) is 12.1 Å². The van der Waals surface area contributed by atoms with Gasteiger partial charge in [0.25, 0.3) is 0 Å². The summed E-state index contributed by atoms with van der Waals surface area (Å²) in [5.74, 6) is 2.37. The average molecular weight is 355 g/mol. The van der Waals surface area contributed by atoms with Crippen LogP contribution in [-0.2, 0) is 10.2 Å². The van der Waals surface area contributed by atoms with Crippen LogP contribution in [0, 0.1) is 29.0 Å². The fourth-order valence-electron chi connectivity index (χ4n) is 7.29. The van der Waals surface area contributed by atoms with Gasteiger partial charge >= 0.3 is 0 Å². The number of carbonyl (C=O) groups is 1. The summed E-state index contributed by atoms with van der Waals surface area (Å²) in [4.78, 5) is 13.5. The second kappa shape index (κ2) is 6.15. The minimum absolute atomic E-state index is 0.0800. The van der Waals surface area contributed by atoms with Crippen molar-refractivity contribution >= 4 is 5.78 Å². The highest BCUT2D eigenvalue weighted by Crippen LogP contribution is 2.66. The summed E-state index contributed by atoms with van der Waals surface area (Å²) in [6.45, 7) is 2.13. The molecule has 4 aliphatic carbocycles. The Labute approximate surface area is 155 Å². The minimum atomic E-state index is -0.157. The van der Waals surface area contributed by atoms with Crippen molar-refractivity contribution in [3.63, 3.8) is 0 Å². The number of ketones is 1. The molecule has 0 radical (unpaired) electrons. The Morgan fingerprint density at radius 2 is 1.69 bits per heavy atom. The number of Topliss-reactive ketones (excluding diaryl/α,β-unsaturated/α-hetero) is 1. The monoisotopic (exact) mass is 355 g/mol. The smallest absolute Gasteiger partial charge is 0.139 e. The van der Waals surface area contributed by atoms with Gasteiger partial charge in [-0.05, 0) is 105 Å². The Morgan fingerprint density at radius 1 is 1.04 bits per heavy atom. The maximum Gasteiger partial charge on any atom is 0.139 e. The number of benzene rings is 1. The summed E-state index contributed by atoms with van der Waals surface area (Å²) in [5, 5.41) is 3.41. The van der Waals surface area contributed by atoms with Gasteiger partial charge in [0.2, 0.25) is 0 Å². The van der Waals surface area contributed by atoms with E-state index < -0.39 is 0 Å². The largest absolute Gasteiger partial charge is 0.317 e. The highest BCUT2D eigenvalue weighted by Gasteiger charge is 2.60. The lowest BCUT2D eigenvalue weighted by molar-refractivity contribution is -0.148. The number of hydrogen-bond donors (Lipinski definition) is 1. The molecule has 2 nitrogen and oxygen atoms in total. The van der Waals surface area contributed by atoms with E-state index >= 15 is 0 Å². The van der Waals surface area contributed by atoms with E-state index in [0.717, 1.165) is 51.6 Å². The topological polar surface area (TPSA) is 29.1 Å². The normalized spacial score (nSPS) is 39.3. The number of halogens is 1. The first-order chi connectivity index (χ1) is 12.6. The molecule has 6 rings (SSSR count). The van der Waals surface area contributed by atoms with Crippen molar-refractivity contribution in [3.8, 4) is 0 Å². The zero-order chi connectivity index (χ0) is 17.8. The zero-order valence-electron chi connectivity index (χ0n) is 15.6. The molecule has 26 heavy (non-hydrogen) atoms. The Kier molecular flexibility index (Phi) is 4.00. The molecule has 140 valence electrons. The SMILES string of the molecule is O=C(CC1CCNCC1)C12CC3CC(C1)CC(c1ccc(F)cc1)(C3)C2. The molecule has 5 aliphatic rings. The lowest BCUT2D eigenvalue weighted by atomic mass is 9.42. The number of carbonyl (C=O) groups excluding carboxylic acids is 1. The molecule has 0 aromatic heterocycles. The van der Waals surface area contributed by atoms with Gasteiger partial charge in [0.1, 0.15) is 11.6 Å². The van der Waals surface area contributed by atoms with Crippen LogP contribution in [0.15, 0.2) is 24.3 Å². The molecule has 1 aromatic rings. The lowest BCUT2D eigenvalue weighted by Gasteiger charge is -2.62. The van der Waals surface area contributed by atoms with Crippen LogP contribution in [-0.4, -0.2) is 18.9 Å². The number of hydrogen-bond acceptors (Lipinski definition) is 2. The van der Waals surface area contributed by atoms with Crippen LogP contribution in [0.2, 0.25) is 0 Å². The fraction of sp³-hybridized carbons (Fsp3) is 0.696. The van der Waals surface area contributed by atoms with Crippen LogP contribution in [0.5, 0.6) is 0 Å². The van der Waals surface area contributed by atoms with Crippen molar-refractivity contribution in [3.05, 3.63) is 35.6 Å². The van der Waals surface area contributed by atoms with Gasteiger partial charge in [-0.15, -0.1) is 0 Å². The van der Waals surface area contributed by atoms with Gasteiger partial charge in [-0.3, -0.25) is 4.79 Å². The van der Waals surface area contributed by atoms with Gasteiger partial charge in [-0.1, -0.05) is 12.1 Å². The van der Waals surface area contributed by atoms with E-state index in [1.165, 1.54) is 24.8 Å². The third-order valence-electron chi connectivity index (χ3n) is 8.04. The predicted molar refractivity (Wildman–Crippen MR) is 100 cm³/mol. The van der Waals surface area contributed by atoms with E-state index in [4.69, 9.17) is 0 Å². The van der Waals surface area contributed by atoms with Crippen molar-refractivity contribution in [2.24, 2.45) is 23.2 Å². The molecule has 1 heterocycles. The summed E-state index contributed by atoms with van der Waals surface area (Å²) >= 11 is 0. The standard InChI is InChI=1S/C23H30FNO/c24-20-3-1-19(2-4-20)22-11-17-9-18(12-22)14-23(13-17,15-22)21(26)10-16-5-7-25-8-6-16/h1-4,16-18,25H,5-15H2. The van der Waals surface area contributed by atoms with Gasteiger partial charge in [0, 0.05) is 11.8 Å². The van der Waals surface area contributed by atoms with E-state index in [9.17, 15) is 9.18 Å². The van der Waals surface area contributed by atoms with E-state index in [1.54, 1.807) is 12.1 Å². The molecule has 4 bridgehead atoms. The summed E-state index contributed by atoms with van der Waals surface area (Å²) in [6.07, 6.45) is 10.1. The summed E-state index contributed by atoms with van der Waals surface area (Å²) in [6, 6.07) is 7.20. The second-order valence-corrected chi connectivity index (χ2v) is 9.85. The van der Waals surface area contributed by atoms with Gasteiger partial charge in [0.15, 0.2) is 0 Å². The predicted octanol–water partition coefficient (Wildman–Crippen LogP) is 4.62. The zero-order valence-corrected chi connectivity index (χ0v) is 15.6. The molecule has 4 saturated carbocycles. The van der Waals surface area contributed by atoms with Crippen molar-refractivity contribution in [2.75, 3.05) is 13.1 Å². The lowest BCUT2D eigenvalue weighted by Crippen LogP contribution is -2.57. The van der Waals surface area contributed by atoms with Crippen LogP contribution in [0.3, 0.4) is 0 Å². The fourth-order valence-corrected chi connectivity index (χ4v) is 7.29. The third-order valence-corrected chi connectivity index (χ3v) is 8.04. The van der Waals surface area contributed by atoms with Crippen LogP contribution in [0.25, 0.3) is 0 Å². The first kappa shape index (κ1) is 16.9. The molecule has 2 atom stereocenters. The highest BCUT2D eigenvalue weighted by atomic mass is 19.1. The van der Waals surface area contributed by atoms with Crippen molar-refractivity contribution in [2.45, 2.75) is 63.2 Å². The van der Waals surface area contributed by atoms with Crippen molar-refractivity contribution < 1.29 is 9.18 Å². The van der Waals surface area contributed by atoms with Crippen LogP contribution >= 0.6 is 0 Å². The van der Waals surface area contributed by atoms with E-state index in [0.29, 0.717) is 23.5 Å². The Bertz CT molecular complexity index is 677. The molecular weight excluding hydrogens is 325 g/mol. The van der Waals surface area contributed by atoms with Crippen LogP contribution < -0.4 is 5.32 Å². The number of piperidine rings is 1. The quantitative estimate of drug-likeness (QED) is 0.854. The summed E-state index contributed by atoms with van der Waals surface area (Å²) in [5.41, 5.74) is 1.33. The first-order valence-electron chi connectivity index (χ1n) is 10.6. The van der Waals surface area contributed by atoms with E-state index in [-0.39, 0.29) is 16.6 Å². The van der Waals surface area contributed by atoms with Gasteiger partial charge < -0.3 is 5.32 Å². The van der Waals surface area contributed by atoms with Crippen molar-refractivity contribution in [1.82, 2.24) is 5.32 Å². The Morgan fingerprint density at radius 3 is 2.35 bits per heavy atom. The second-order valence-electron chi connectivity index (χ2n) is 9.85. The van der Waals surface area contributed by atoms with E-state index in [2.05, 4.69) is 5.32 Å². The summed E-state index contributed by atoms with van der Waals surface area (Å²) in [7, 11) is 0. The maximum atomic E-state index is 13.5. The molecule has 3 heteroatoms. The summed E-state index contributed by atoms with van der Waals surface area (Å²) < 4.78 is 13.5. The van der Waals surface area contributed by atoms with Crippen molar-refractivity contribution in [1.29, 1.82) is 0 Å². The molecule has 1 aromatic carbocycles. The molecule has 0 amide bonds. The van der Waals surface area contributed by atoms with Crippen LogP contribution in [0.4, 0.5) is 4.39 Å². The maximum absolute atomic E-state index is 13.5. The molecule has 1 N–H and O–H groups in total. The van der Waals surface area contributed by atoms with Crippen LogP contribution in [0.1, 0.15) is 63.4 Å². The molecule has 1 aliphatic heterocycles. The first-order valence-corrected chi connectivity index (χ1v) is 10.6. The van der Waals surface area contributed by atoms with Gasteiger partial charge in [0.05, 0.1) is 0 Å². The third kappa shape index (κ3) is 2.74. The van der Waals surface area contributed by atoms with Gasteiger partial charge in [-0.2, -0.15) is 0 Å². The highest BCUT2D eigenvalue weighted by molar-refractivity contribution is 5.86. The molecule has 0 spiro atoms.